The average Bonchev–Trinajstić information content (AvgIpc) is 3.01. The monoisotopic (exact) mass is 414 g/mol. The van der Waals surface area contributed by atoms with Crippen molar-refractivity contribution in [1.29, 1.82) is 0 Å². The topological polar surface area (TPSA) is 62.7 Å². The Labute approximate surface area is 174 Å². The summed E-state index contributed by atoms with van der Waals surface area (Å²) < 4.78 is 2.37. The lowest BCUT2D eigenvalue weighted by molar-refractivity contribution is -0.121. The fourth-order valence-corrected chi connectivity index (χ4v) is 3.51. The summed E-state index contributed by atoms with van der Waals surface area (Å²) in [5, 5.41) is 10.9. The number of benzene rings is 2. The molecule has 0 saturated heterocycles. The van der Waals surface area contributed by atoms with Gasteiger partial charge in [0.05, 0.1) is 0 Å². The number of halogens is 1. The first-order valence-electron chi connectivity index (χ1n) is 9.18. The van der Waals surface area contributed by atoms with Crippen LogP contribution in [-0.2, 0) is 17.8 Å². The van der Waals surface area contributed by atoms with Crippen LogP contribution < -0.4 is 5.32 Å². The molecule has 1 amide bonds. The summed E-state index contributed by atoms with van der Waals surface area (Å²) in [5.74, 6) is 0.720. The standard InChI is InChI=1S/C21H23ClN4OS/c1-14-6-8-17(9-7-14)20-24-25-21(28)26(20)11-10-19(27)23-15(2)12-16-4-3-5-18(22)13-16/h3-9,13,15H,10-12H2,1-2H3,(H,23,27)(H,25,28). The zero-order chi connectivity index (χ0) is 20.1. The number of nitrogens with zero attached hydrogens (tertiary/aromatic N) is 2. The third-order valence-corrected chi connectivity index (χ3v) is 5.02. The van der Waals surface area contributed by atoms with E-state index in [4.69, 9.17) is 23.8 Å². The molecule has 2 N–H and O–H groups in total. The molecule has 28 heavy (non-hydrogen) atoms. The predicted octanol–water partition coefficient (Wildman–Crippen LogP) is 4.71. The summed E-state index contributed by atoms with van der Waals surface area (Å²) in [6.45, 7) is 4.49. The van der Waals surface area contributed by atoms with Crippen molar-refractivity contribution in [1.82, 2.24) is 20.1 Å². The number of aromatic nitrogens is 3. The molecule has 1 aromatic heterocycles. The molecule has 1 heterocycles. The van der Waals surface area contributed by atoms with Gasteiger partial charge >= 0.3 is 0 Å². The smallest absolute Gasteiger partial charge is 0.222 e. The van der Waals surface area contributed by atoms with E-state index in [2.05, 4.69) is 15.5 Å². The van der Waals surface area contributed by atoms with E-state index in [9.17, 15) is 4.79 Å². The van der Waals surface area contributed by atoms with Crippen molar-refractivity contribution < 1.29 is 4.79 Å². The predicted molar refractivity (Wildman–Crippen MR) is 115 cm³/mol. The Balaban J connectivity index is 1.59. The lowest BCUT2D eigenvalue weighted by Crippen LogP contribution is -2.34. The molecule has 1 unspecified atom stereocenters. The van der Waals surface area contributed by atoms with E-state index >= 15 is 0 Å². The molecule has 3 rings (SSSR count). The van der Waals surface area contributed by atoms with E-state index in [0.29, 0.717) is 22.8 Å². The number of hydrogen-bond acceptors (Lipinski definition) is 3. The molecule has 7 heteroatoms. The number of nitrogens with one attached hydrogen (secondary N) is 2. The zero-order valence-corrected chi connectivity index (χ0v) is 17.5. The fraction of sp³-hybridized carbons (Fsp3) is 0.286. The van der Waals surface area contributed by atoms with Gasteiger partial charge in [-0.1, -0.05) is 53.6 Å². The van der Waals surface area contributed by atoms with Gasteiger partial charge in [-0.3, -0.25) is 14.5 Å². The Hall–Kier alpha value is -2.44. The quantitative estimate of drug-likeness (QED) is 0.550. The van der Waals surface area contributed by atoms with Crippen LogP contribution in [-0.4, -0.2) is 26.7 Å². The highest BCUT2D eigenvalue weighted by molar-refractivity contribution is 7.71. The fourth-order valence-electron chi connectivity index (χ4n) is 3.08. The number of rotatable bonds is 7. The van der Waals surface area contributed by atoms with E-state index in [-0.39, 0.29) is 11.9 Å². The van der Waals surface area contributed by atoms with E-state index in [1.54, 1.807) is 0 Å². The Morgan fingerprint density at radius 1 is 1.29 bits per heavy atom. The summed E-state index contributed by atoms with van der Waals surface area (Å²) in [4.78, 5) is 12.4. The van der Waals surface area contributed by atoms with Gasteiger partial charge in [-0.05, 0) is 50.2 Å². The molecule has 0 saturated carbocycles. The Kier molecular flexibility index (Phi) is 6.65. The molecule has 3 aromatic rings. The zero-order valence-electron chi connectivity index (χ0n) is 15.9. The summed E-state index contributed by atoms with van der Waals surface area (Å²) >= 11 is 11.4. The normalized spacial score (nSPS) is 12.0. The largest absolute Gasteiger partial charge is 0.353 e. The Morgan fingerprint density at radius 2 is 2.04 bits per heavy atom. The van der Waals surface area contributed by atoms with Gasteiger partial charge in [0.15, 0.2) is 10.6 Å². The lowest BCUT2D eigenvalue weighted by atomic mass is 10.1. The van der Waals surface area contributed by atoms with Crippen LogP contribution in [0.15, 0.2) is 48.5 Å². The van der Waals surface area contributed by atoms with Crippen molar-refractivity contribution in [3.05, 3.63) is 69.5 Å². The molecule has 0 spiro atoms. The van der Waals surface area contributed by atoms with Gasteiger partial charge in [0.1, 0.15) is 0 Å². The number of aryl methyl sites for hydroxylation is 1. The summed E-state index contributed by atoms with van der Waals surface area (Å²) in [6, 6.07) is 15.8. The first-order chi connectivity index (χ1) is 13.4. The third-order valence-electron chi connectivity index (χ3n) is 4.47. The SMILES string of the molecule is Cc1ccc(-c2n[nH]c(=S)n2CCC(=O)NC(C)Cc2cccc(Cl)c2)cc1. The lowest BCUT2D eigenvalue weighted by Gasteiger charge is -2.14. The number of amides is 1. The van der Waals surface area contributed by atoms with Crippen molar-refractivity contribution >= 4 is 29.7 Å². The molecule has 0 aliphatic rings. The minimum absolute atomic E-state index is 0.0138. The highest BCUT2D eigenvalue weighted by Gasteiger charge is 2.12. The maximum absolute atomic E-state index is 12.4. The van der Waals surface area contributed by atoms with Crippen LogP contribution in [0.4, 0.5) is 0 Å². The van der Waals surface area contributed by atoms with E-state index < -0.39 is 0 Å². The van der Waals surface area contributed by atoms with Crippen molar-refractivity contribution in [3.8, 4) is 11.4 Å². The van der Waals surface area contributed by atoms with Gasteiger partial charge in [0.25, 0.3) is 0 Å². The van der Waals surface area contributed by atoms with Gasteiger partial charge in [-0.15, -0.1) is 0 Å². The molecule has 1 atom stereocenters. The molecule has 0 fully saturated rings. The van der Waals surface area contributed by atoms with Crippen LogP contribution in [0.5, 0.6) is 0 Å². The van der Waals surface area contributed by atoms with Crippen LogP contribution in [0.1, 0.15) is 24.5 Å². The third kappa shape index (κ3) is 5.30. The van der Waals surface area contributed by atoms with Gasteiger partial charge in [-0.25, -0.2) is 0 Å². The van der Waals surface area contributed by atoms with E-state index in [1.165, 1.54) is 5.56 Å². The number of carbonyl (C=O) groups is 1. The molecule has 5 nitrogen and oxygen atoms in total. The molecule has 146 valence electrons. The second-order valence-corrected chi connectivity index (χ2v) is 7.75. The van der Waals surface area contributed by atoms with Gasteiger partial charge in [-0.2, -0.15) is 5.10 Å². The number of carbonyl (C=O) groups excluding carboxylic acids is 1. The van der Waals surface area contributed by atoms with Crippen LogP contribution in [0, 0.1) is 11.7 Å². The van der Waals surface area contributed by atoms with Crippen molar-refractivity contribution in [2.75, 3.05) is 0 Å². The van der Waals surface area contributed by atoms with E-state index in [0.717, 1.165) is 23.4 Å². The summed E-state index contributed by atoms with van der Waals surface area (Å²) in [6.07, 6.45) is 1.05. The molecular formula is C21H23ClN4OS. The summed E-state index contributed by atoms with van der Waals surface area (Å²) in [5.41, 5.74) is 3.24. The molecule has 0 aliphatic carbocycles. The minimum atomic E-state index is -0.0208. The van der Waals surface area contributed by atoms with Crippen LogP contribution in [0.3, 0.4) is 0 Å². The number of hydrogen-bond donors (Lipinski definition) is 2. The van der Waals surface area contributed by atoms with Gasteiger partial charge < -0.3 is 5.32 Å². The molecule has 0 bridgehead atoms. The van der Waals surface area contributed by atoms with E-state index in [1.807, 2.05) is 66.9 Å². The highest BCUT2D eigenvalue weighted by atomic mass is 35.5. The number of H-pyrrole nitrogens is 1. The second-order valence-electron chi connectivity index (χ2n) is 6.92. The first kappa shape index (κ1) is 20.3. The van der Waals surface area contributed by atoms with Crippen molar-refractivity contribution in [2.45, 2.75) is 39.3 Å². The Bertz CT molecular complexity index is 1010. The number of aromatic amines is 1. The molecule has 0 radical (unpaired) electrons. The second kappa shape index (κ2) is 9.17. The summed E-state index contributed by atoms with van der Waals surface area (Å²) in [7, 11) is 0. The first-order valence-corrected chi connectivity index (χ1v) is 9.97. The average molecular weight is 415 g/mol. The Morgan fingerprint density at radius 3 is 2.75 bits per heavy atom. The molecular weight excluding hydrogens is 392 g/mol. The van der Waals surface area contributed by atoms with Gasteiger partial charge in [0.2, 0.25) is 5.91 Å². The van der Waals surface area contributed by atoms with Crippen LogP contribution in [0.2, 0.25) is 5.02 Å². The highest BCUT2D eigenvalue weighted by Crippen LogP contribution is 2.18. The maximum atomic E-state index is 12.4. The molecule has 0 aliphatic heterocycles. The van der Waals surface area contributed by atoms with Crippen LogP contribution >= 0.6 is 23.8 Å². The maximum Gasteiger partial charge on any atom is 0.222 e. The van der Waals surface area contributed by atoms with Crippen LogP contribution in [0.25, 0.3) is 11.4 Å². The molecule has 2 aromatic carbocycles. The minimum Gasteiger partial charge on any atom is -0.353 e. The van der Waals surface area contributed by atoms with Gasteiger partial charge in [0, 0.05) is 29.6 Å². The van der Waals surface area contributed by atoms with Crippen molar-refractivity contribution in [2.24, 2.45) is 0 Å². The van der Waals surface area contributed by atoms with Crippen molar-refractivity contribution in [3.63, 3.8) is 0 Å².